The van der Waals surface area contributed by atoms with E-state index in [-0.39, 0.29) is 24.7 Å². The predicted molar refractivity (Wildman–Crippen MR) is 92.3 cm³/mol. The average Bonchev–Trinajstić information content (AvgIpc) is 2.68. The van der Waals surface area contributed by atoms with Crippen LogP contribution >= 0.6 is 0 Å². The van der Waals surface area contributed by atoms with Crippen molar-refractivity contribution in [2.75, 3.05) is 39.5 Å². The summed E-state index contributed by atoms with van der Waals surface area (Å²) in [6.45, 7) is 3.18. The Bertz CT molecular complexity index is 534. The zero-order valence-electron chi connectivity index (χ0n) is 14.5. The molecule has 25 heavy (non-hydrogen) atoms. The van der Waals surface area contributed by atoms with E-state index in [0.29, 0.717) is 31.6 Å². The average molecular weight is 349 g/mol. The molecule has 2 fully saturated rings. The van der Waals surface area contributed by atoms with Crippen molar-refractivity contribution in [3.8, 4) is 0 Å². The molecule has 0 bridgehead atoms. The number of amides is 1. The fraction of sp³-hybridized carbons (Fsp3) is 0.667. The summed E-state index contributed by atoms with van der Waals surface area (Å²) in [7, 11) is 0. The Morgan fingerprint density at radius 3 is 2.92 bits per heavy atom. The SMILES string of the molecule is O=C(c1ccccn1)N1CCC(N[C@@H]2COCC[C@@H]2OCCO)CC1. The van der Waals surface area contributed by atoms with E-state index in [1.165, 1.54) is 0 Å². The van der Waals surface area contributed by atoms with Gasteiger partial charge in [0.2, 0.25) is 0 Å². The predicted octanol–water partition coefficient (Wildman–Crippen LogP) is 0.442. The Morgan fingerprint density at radius 2 is 2.20 bits per heavy atom. The molecule has 2 saturated heterocycles. The maximum absolute atomic E-state index is 12.4. The second-order valence-electron chi connectivity index (χ2n) is 6.55. The Morgan fingerprint density at radius 1 is 1.36 bits per heavy atom. The molecule has 0 spiro atoms. The first kappa shape index (κ1) is 18.3. The molecular weight excluding hydrogens is 322 g/mol. The van der Waals surface area contributed by atoms with E-state index < -0.39 is 0 Å². The Hall–Kier alpha value is -1.54. The van der Waals surface area contributed by atoms with E-state index in [4.69, 9.17) is 14.6 Å². The molecule has 0 saturated carbocycles. The molecule has 0 unspecified atom stereocenters. The summed E-state index contributed by atoms with van der Waals surface area (Å²) in [5.74, 6) is 0.00389. The highest BCUT2D eigenvalue weighted by Gasteiger charge is 2.31. The summed E-state index contributed by atoms with van der Waals surface area (Å²) in [6.07, 6.45) is 4.38. The third-order valence-electron chi connectivity index (χ3n) is 4.83. The topological polar surface area (TPSA) is 83.9 Å². The van der Waals surface area contributed by atoms with Crippen molar-refractivity contribution in [1.82, 2.24) is 15.2 Å². The summed E-state index contributed by atoms with van der Waals surface area (Å²) in [6, 6.07) is 5.90. The third kappa shape index (κ3) is 4.98. The first-order valence-electron chi connectivity index (χ1n) is 9.04. The third-order valence-corrected chi connectivity index (χ3v) is 4.83. The highest BCUT2D eigenvalue weighted by Crippen LogP contribution is 2.17. The molecule has 2 N–H and O–H groups in total. The van der Waals surface area contributed by atoms with Crippen LogP contribution in [0.15, 0.2) is 24.4 Å². The summed E-state index contributed by atoms with van der Waals surface area (Å²) < 4.78 is 11.3. The van der Waals surface area contributed by atoms with E-state index in [9.17, 15) is 4.79 Å². The van der Waals surface area contributed by atoms with Gasteiger partial charge in [-0.05, 0) is 31.4 Å². The van der Waals surface area contributed by atoms with Crippen molar-refractivity contribution < 1.29 is 19.4 Å². The number of nitrogens with zero attached hydrogens (tertiary/aromatic N) is 2. The smallest absolute Gasteiger partial charge is 0.272 e. The van der Waals surface area contributed by atoms with Gasteiger partial charge in [0, 0.05) is 31.9 Å². The number of hydrogen-bond acceptors (Lipinski definition) is 6. The molecule has 1 aromatic rings. The number of aliphatic hydroxyl groups is 1. The first-order chi connectivity index (χ1) is 12.3. The maximum atomic E-state index is 12.4. The molecule has 1 aromatic heterocycles. The number of carbonyl (C=O) groups excluding carboxylic acids is 1. The van der Waals surface area contributed by atoms with Gasteiger partial charge in [0.05, 0.1) is 32.0 Å². The fourth-order valence-corrected chi connectivity index (χ4v) is 3.48. The molecule has 2 atom stereocenters. The van der Waals surface area contributed by atoms with Crippen LogP contribution in [0.2, 0.25) is 0 Å². The van der Waals surface area contributed by atoms with Crippen LogP contribution in [0.5, 0.6) is 0 Å². The van der Waals surface area contributed by atoms with E-state index in [0.717, 1.165) is 32.4 Å². The van der Waals surface area contributed by atoms with Crippen molar-refractivity contribution in [3.63, 3.8) is 0 Å². The van der Waals surface area contributed by atoms with E-state index >= 15 is 0 Å². The number of ether oxygens (including phenoxy) is 2. The monoisotopic (exact) mass is 349 g/mol. The largest absolute Gasteiger partial charge is 0.394 e. The van der Waals surface area contributed by atoms with E-state index in [1.807, 2.05) is 17.0 Å². The molecule has 1 amide bonds. The summed E-state index contributed by atoms with van der Waals surface area (Å²) in [5, 5.41) is 12.6. The Balaban J connectivity index is 1.47. The van der Waals surface area contributed by atoms with Crippen LogP contribution in [0.25, 0.3) is 0 Å². The van der Waals surface area contributed by atoms with Crippen molar-refractivity contribution in [3.05, 3.63) is 30.1 Å². The second kappa shape index (κ2) is 9.24. The quantitative estimate of drug-likeness (QED) is 0.775. The van der Waals surface area contributed by atoms with Gasteiger partial charge in [-0.15, -0.1) is 0 Å². The number of rotatable bonds is 6. The maximum Gasteiger partial charge on any atom is 0.272 e. The van der Waals surface area contributed by atoms with Crippen LogP contribution < -0.4 is 5.32 Å². The number of nitrogens with one attached hydrogen (secondary N) is 1. The standard InChI is InChI=1S/C18H27N3O4/c22-10-12-25-17-6-11-24-13-16(17)20-14-4-8-21(9-5-14)18(23)15-3-1-2-7-19-15/h1-3,7,14,16-17,20,22H,4-6,8-13H2/t16-,17+/m1/s1. The number of aliphatic hydroxyl groups excluding tert-OH is 1. The lowest BCUT2D eigenvalue weighted by Crippen LogP contribution is -2.55. The van der Waals surface area contributed by atoms with Crippen molar-refractivity contribution in [2.24, 2.45) is 0 Å². The molecule has 3 heterocycles. The minimum atomic E-state index is 0.00389. The molecule has 0 aromatic carbocycles. The van der Waals surface area contributed by atoms with Gasteiger partial charge in [-0.2, -0.15) is 0 Å². The molecule has 2 aliphatic heterocycles. The van der Waals surface area contributed by atoms with Crippen LogP contribution in [-0.2, 0) is 9.47 Å². The van der Waals surface area contributed by atoms with Gasteiger partial charge in [-0.1, -0.05) is 6.07 Å². The molecule has 7 heteroatoms. The highest BCUT2D eigenvalue weighted by molar-refractivity contribution is 5.92. The van der Waals surface area contributed by atoms with Crippen molar-refractivity contribution >= 4 is 5.91 Å². The van der Waals surface area contributed by atoms with Crippen LogP contribution in [-0.4, -0.2) is 78.6 Å². The molecule has 3 rings (SSSR count). The first-order valence-corrected chi connectivity index (χ1v) is 9.04. The number of likely N-dealkylation sites (tertiary alicyclic amines) is 1. The van der Waals surface area contributed by atoms with Gasteiger partial charge in [0.1, 0.15) is 5.69 Å². The summed E-state index contributed by atoms with van der Waals surface area (Å²) in [5.41, 5.74) is 0.507. The van der Waals surface area contributed by atoms with Crippen LogP contribution in [0, 0.1) is 0 Å². The van der Waals surface area contributed by atoms with Gasteiger partial charge in [-0.3, -0.25) is 9.78 Å². The molecule has 138 valence electrons. The van der Waals surface area contributed by atoms with Crippen LogP contribution in [0.3, 0.4) is 0 Å². The number of hydrogen-bond donors (Lipinski definition) is 2. The van der Waals surface area contributed by atoms with E-state index in [1.54, 1.807) is 12.3 Å². The molecular formula is C18H27N3O4. The zero-order chi connectivity index (χ0) is 17.5. The Kier molecular flexibility index (Phi) is 6.75. The van der Waals surface area contributed by atoms with Crippen LogP contribution in [0.1, 0.15) is 29.8 Å². The van der Waals surface area contributed by atoms with Gasteiger partial charge in [-0.25, -0.2) is 0 Å². The van der Waals surface area contributed by atoms with Crippen LogP contribution in [0.4, 0.5) is 0 Å². The lowest BCUT2D eigenvalue weighted by molar-refractivity contribution is -0.0669. The summed E-state index contributed by atoms with van der Waals surface area (Å²) >= 11 is 0. The normalized spacial score (nSPS) is 25.1. The lowest BCUT2D eigenvalue weighted by Gasteiger charge is -2.38. The molecule has 7 nitrogen and oxygen atoms in total. The molecule has 0 radical (unpaired) electrons. The summed E-state index contributed by atoms with van der Waals surface area (Å²) in [4.78, 5) is 18.5. The van der Waals surface area contributed by atoms with Crippen molar-refractivity contribution in [1.29, 1.82) is 0 Å². The fourth-order valence-electron chi connectivity index (χ4n) is 3.48. The Labute approximate surface area is 148 Å². The number of pyridine rings is 1. The minimum Gasteiger partial charge on any atom is -0.394 e. The van der Waals surface area contributed by atoms with E-state index in [2.05, 4.69) is 10.3 Å². The molecule has 2 aliphatic rings. The number of aromatic nitrogens is 1. The van der Waals surface area contributed by atoms with Gasteiger partial charge >= 0.3 is 0 Å². The van der Waals surface area contributed by atoms with Gasteiger partial charge < -0.3 is 24.8 Å². The lowest BCUT2D eigenvalue weighted by atomic mass is 10.00. The van der Waals surface area contributed by atoms with Gasteiger partial charge in [0.15, 0.2) is 0 Å². The highest BCUT2D eigenvalue weighted by atomic mass is 16.5. The minimum absolute atomic E-state index is 0.00389. The van der Waals surface area contributed by atoms with Gasteiger partial charge in [0.25, 0.3) is 5.91 Å². The molecule has 0 aliphatic carbocycles. The van der Waals surface area contributed by atoms with Crippen molar-refractivity contribution in [2.45, 2.75) is 37.5 Å². The number of piperidine rings is 1. The number of carbonyl (C=O) groups is 1. The zero-order valence-corrected chi connectivity index (χ0v) is 14.5. The second-order valence-corrected chi connectivity index (χ2v) is 6.55.